The average Bonchev–Trinajstić information content (AvgIpc) is 2.37. The fourth-order valence-corrected chi connectivity index (χ4v) is 1.68. The molecule has 6 heteroatoms. The number of likely N-dealkylation sites (N-methyl/N-ethyl adjacent to an activating group) is 1. The fourth-order valence-electron chi connectivity index (χ4n) is 1.68. The van der Waals surface area contributed by atoms with Gasteiger partial charge in [-0.25, -0.2) is 0 Å². The van der Waals surface area contributed by atoms with Gasteiger partial charge in [-0.3, -0.25) is 10.1 Å². The molecule has 0 fully saturated rings. The number of nitro groups is 1. The quantitative estimate of drug-likeness (QED) is 0.586. The predicted octanol–water partition coefficient (Wildman–Crippen LogP) is 2.75. The first-order chi connectivity index (χ1) is 9.42. The lowest BCUT2D eigenvalue weighted by atomic mass is 10.2. The zero-order chi connectivity index (χ0) is 15.1. The van der Waals surface area contributed by atoms with Crippen molar-refractivity contribution in [1.29, 1.82) is 0 Å². The Hall–Kier alpha value is -1.82. The van der Waals surface area contributed by atoms with Crippen molar-refractivity contribution >= 4 is 11.4 Å². The van der Waals surface area contributed by atoms with Crippen molar-refractivity contribution in [3.63, 3.8) is 0 Å². The van der Waals surface area contributed by atoms with E-state index in [1.807, 2.05) is 20.9 Å². The Morgan fingerprint density at radius 2 is 2.10 bits per heavy atom. The van der Waals surface area contributed by atoms with Gasteiger partial charge in [0.05, 0.1) is 17.1 Å². The van der Waals surface area contributed by atoms with Gasteiger partial charge in [-0.1, -0.05) is 6.92 Å². The van der Waals surface area contributed by atoms with Crippen LogP contribution in [-0.4, -0.2) is 42.6 Å². The van der Waals surface area contributed by atoms with Gasteiger partial charge < -0.3 is 15.0 Å². The van der Waals surface area contributed by atoms with Crippen molar-refractivity contribution in [3.05, 3.63) is 28.3 Å². The first kappa shape index (κ1) is 16.2. The number of nitrogens with one attached hydrogen (secondary N) is 1. The standard InChI is InChI=1S/C14H23N3O3/c1-5-16(4)7-6-15-12-8-13(17(18)19)10-14(9-12)20-11(2)3/h8-11,15H,5-7H2,1-4H3. The van der Waals surface area contributed by atoms with Crippen LogP contribution < -0.4 is 10.1 Å². The van der Waals surface area contributed by atoms with E-state index in [0.29, 0.717) is 11.4 Å². The summed E-state index contributed by atoms with van der Waals surface area (Å²) in [7, 11) is 2.03. The fraction of sp³-hybridized carbons (Fsp3) is 0.571. The van der Waals surface area contributed by atoms with E-state index in [2.05, 4.69) is 17.1 Å². The topological polar surface area (TPSA) is 67.6 Å². The van der Waals surface area contributed by atoms with E-state index in [1.54, 1.807) is 6.07 Å². The lowest BCUT2D eigenvalue weighted by Crippen LogP contribution is -2.24. The molecule has 0 aliphatic heterocycles. The first-order valence-electron chi connectivity index (χ1n) is 6.81. The van der Waals surface area contributed by atoms with Crippen LogP contribution >= 0.6 is 0 Å². The monoisotopic (exact) mass is 281 g/mol. The molecule has 0 aliphatic rings. The highest BCUT2D eigenvalue weighted by molar-refractivity contribution is 5.56. The van der Waals surface area contributed by atoms with Gasteiger partial charge in [-0.05, 0) is 27.4 Å². The number of hydrogen-bond acceptors (Lipinski definition) is 5. The normalized spacial score (nSPS) is 10.9. The van der Waals surface area contributed by atoms with Crippen LogP contribution in [0.2, 0.25) is 0 Å². The predicted molar refractivity (Wildman–Crippen MR) is 80.5 cm³/mol. The summed E-state index contributed by atoms with van der Waals surface area (Å²) in [5.74, 6) is 0.514. The molecule has 0 saturated heterocycles. The third kappa shape index (κ3) is 5.44. The molecule has 1 rings (SSSR count). The number of hydrogen-bond donors (Lipinski definition) is 1. The van der Waals surface area contributed by atoms with Gasteiger partial charge in [-0.2, -0.15) is 0 Å². The number of nitrogens with zero attached hydrogens (tertiary/aromatic N) is 2. The number of rotatable bonds is 8. The van der Waals surface area contributed by atoms with Gasteiger partial charge in [0, 0.05) is 30.9 Å². The Morgan fingerprint density at radius 3 is 2.65 bits per heavy atom. The van der Waals surface area contributed by atoms with Gasteiger partial charge in [0.25, 0.3) is 5.69 Å². The second-order valence-corrected chi connectivity index (χ2v) is 4.96. The number of anilines is 1. The van der Waals surface area contributed by atoms with E-state index in [0.717, 1.165) is 19.6 Å². The molecule has 0 atom stereocenters. The lowest BCUT2D eigenvalue weighted by molar-refractivity contribution is -0.384. The minimum absolute atomic E-state index is 0.0175. The van der Waals surface area contributed by atoms with Crippen molar-refractivity contribution in [2.24, 2.45) is 0 Å². The van der Waals surface area contributed by atoms with Crippen LogP contribution in [0, 0.1) is 10.1 Å². The Kier molecular flexibility index (Phi) is 6.24. The second kappa shape index (κ2) is 7.69. The maximum absolute atomic E-state index is 10.9. The molecule has 0 spiro atoms. The Balaban J connectivity index is 2.78. The molecule has 1 aromatic carbocycles. The summed E-state index contributed by atoms with van der Waals surface area (Å²) in [4.78, 5) is 12.7. The molecule has 0 heterocycles. The molecular formula is C14H23N3O3. The van der Waals surface area contributed by atoms with E-state index in [1.165, 1.54) is 12.1 Å². The minimum Gasteiger partial charge on any atom is -0.491 e. The maximum atomic E-state index is 10.9. The Labute approximate surface area is 119 Å². The van der Waals surface area contributed by atoms with Gasteiger partial charge >= 0.3 is 0 Å². The van der Waals surface area contributed by atoms with Crippen LogP contribution in [-0.2, 0) is 0 Å². The van der Waals surface area contributed by atoms with Gasteiger partial charge in [0.1, 0.15) is 5.75 Å². The lowest BCUT2D eigenvalue weighted by Gasteiger charge is -2.15. The highest BCUT2D eigenvalue weighted by Gasteiger charge is 2.11. The largest absolute Gasteiger partial charge is 0.491 e. The summed E-state index contributed by atoms with van der Waals surface area (Å²) < 4.78 is 5.54. The number of non-ortho nitro benzene ring substituents is 1. The molecule has 0 unspecified atom stereocenters. The zero-order valence-corrected chi connectivity index (χ0v) is 12.5. The molecule has 112 valence electrons. The van der Waals surface area contributed by atoms with E-state index >= 15 is 0 Å². The summed E-state index contributed by atoms with van der Waals surface area (Å²) in [5.41, 5.74) is 0.744. The van der Waals surface area contributed by atoms with E-state index in [9.17, 15) is 10.1 Å². The minimum atomic E-state index is -0.406. The molecule has 6 nitrogen and oxygen atoms in total. The van der Waals surface area contributed by atoms with Crippen LogP contribution in [0.5, 0.6) is 5.75 Å². The van der Waals surface area contributed by atoms with Crippen LogP contribution in [0.3, 0.4) is 0 Å². The van der Waals surface area contributed by atoms with Crippen molar-refractivity contribution in [2.45, 2.75) is 26.9 Å². The maximum Gasteiger partial charge on any atom is 0.275 e. The highest BCUT2D eigenvalue weighted by atomic mass is 16.6. The zero-order valence-electron chi connectivity index (χ0n) is 12.5. The SMILES string of the molecule is CCN(C)CCNc1cc(OC(C)C)cc([N+](=O)[O-])c1. The molecule has 0 aliphatic carbocycles. The smallest absolute Gasteiger partial charge is 0.275 e. The number of benzene rings is 1. The van der Waals surface area contributed by atoms with Crippen molar-refractivity contribution in [3.8, 4) is 5.75 Å². The molecule has 0 saturated carbocycles. The van der Waals surface area contributed by atoms with E-state index in [4.69, 9.17) is 4.74 Å². The third-order valence-corrected chi connectivity index (χ3v) is 2.84. The average molecular weight is 281 g/mol. The highest BCUT2D eigenvalue weighted by Crippen LogP contribution is 2.26. The number of nitro benzene ring substituents is 1. The van der Waals surface area contributed by atoms with E-state index < -0.39 is 4.92 Å². The molecule has 0 bridgehead atoms. The molecule has 1 N–H and O–H groups in total. The van der Waals surface area contributed by atoms with Crippen molar-refractivity contribution < 1.29 is 9.66 Å². The summed E-state index contributed by atoms with van der Waals surface area (Å²) in [6, 6.07) is 4.77. The Morgan fingerprint density at radius 1 is 1.40 bits per heavy atom. The molecular weight excluding hydrogens is 258 g/mol. The molecule has 0 aromatic heterocycles. The van der Waals surface area contributed by atoms with Crippen LogP contribution in [0.1, 0.15) is 20.8 Å². The van der Waals surface area contributed by atoms with Gasteiger partial charge in [0.2, 0.25) is 0 Å². The molecule has 20 heavy (non-hydrogen) atoms. The van der Waals surface area contributed by atoms with Crippen molar-refractivity contribution in [2.75, 3.05) is 32.0 Å². The van der Waals surface area contributed by atoms with Gasteiger partial charge in [-0.15, -0.1) is 0 Å². The van der Waals surface area contributed by atoms with E-state index in [-0.39, 0.29) is 11.8 Å². The molecule has 0 radical (unpaired) electrons. The van der Waals surface area contributed by atoms with Crippen LogP contribution in [0.15, 0.2) is 18.2 Å². The Bertz CT molecular complexity index is 449. The van der Waals surface area contributed by atoms with Crippen molar-refractivity contribution in [1.82, 2.24) is 4.90 Å². The van der Waals surface area contributed by atoms with Crippen LogP contribution in [0.25, 0.3) is 0 Å². The van der Waals surface area contributed by atoms with Crippen LogP contribution in [0.4, 0.5) is 11.4 Å². The molecule has 0 amide bonds. The molecule has 1 aromatic rings. The summed E-state index contributed by atoms with van der Waals surface area (Å²) >= 11 is 0. The third-order valence-electron chi connectivity index (χ3n) is 2.84. The summed E-state index contributed by atoms with van der Waals surface area (Å²) in [5, 5.41) is 14.1. The summed E-state index contributed by atoms with van der Waals surface area (Å²) in [6.07, 6.45) is -0.0175. The van der Waals surface area contributed by atoms with Gasteiger partial charge in [0.15, 0.2) is 0 Å². The summed E-state index contributed by atoms with van der Waals surface area (Å²) in [6.45, 7) is 8.44. The number of ether oxygens (including phenoxy) is 1. The second-order valence-electron chi connectivity index (χ2n) is 4.96. The first-order valence-corrected chi connectivity index (χ1v) is 6.81.